The third kappa shape index (κ3) is 5.31. The van der Waals surface area contributed by atoms with Crippen molar-refractivity contribution in [2.45, 2.75) is 13.3 Å². The van der Waals surface area contributed by atoms with E-state index in [4.69, 9.17) is 12.2 Å². The smallest absolute Gasteiger partial charge is 0.266 e. The van der Waals surface area contributed by atoms with Crippen LogP contribution < -0.4 is 5.32 Å². The lowest BCUT2D eigenvalue weighted by Crippen LogP contribution is -2.31. The number of carbonyl (C=O) groups excluding carboxylic acids is 2. The first-order valence-electron chi connectivity index (χ1n) is 8.10. The average Bonchev–Trinajstić information content (AvgIpc) is 3.17. The minimum atomic E-state index is -0.229. The van der Waals surface area contributed by atoms with Crippen molar-refractivity contribution in [2.75, 3.05) is 11.9 Å². The Balaban J connectivity index is 1.55. The molecule has 1 aromatic carbocycles. The highest BCUT2D eigenvalue weighted by molar-refractivity contribution is 8.26. The van der Waals surface area contributed by atoms with E-state index in [0.717, 1.165) is 10.6 Å². The summed E-state index contributed by atoms with van der Waals surface area (Å²) in [5.74, 6) is -0.407. The lowest BCUT2D eigenvalue weighted by Gasteiger charge is -2.13. The fraction of sp³-hybridized carbons (Fsp3) is 0.167. The van der Waals surface area contributed by atoms with Crippen molar-refractivity contribution in [2.24, 2.45) is 0 Å². The van der Waals surface area contributed by atoms with Crippen LogP contribution in [-0.2, 0) is 9.59 Å². The molecule has 9 heteroatoms. The molecule has 1 N–H and O–H groups in total. The highest BCUT2D eigenvalue weighted by atomic mass is 32.2. The highest BCUT2D eigenvalue weighted by Crippen LogP contribution is 2.31. The molecule has 1 aliphatic heterocycles. The normalized spacial score (nSPS) is 15.9. The van der Waals surface area contributed by atoms with E-state index in [0.29, 0.717) is 14.4 Å². The number of amides is 2. The van der Waals surface area contributed by atoms with Gasteiger partial charge < -0.3 is 5.32 Å². The second kappa shape index (κ2) is 9.03. The molecule has 1 saturated heterocycles. The minimum Gasteiger partial charge on any atom is -0.300 e. The van der Waals surface area contributed by atoms with Crippen molar-refractivity contribution in [3.05, 3.63) is 58.0 Å². The average molecular weight is 417 g/mol. The summed E-state index contributed by atoms with van der Waals surface area (Å²) in [5, 5.41) is 11.6. The van der Waals surface area contributed by atoms with Gasteiger partial charge in [-0.25, -0.2) is 0 Å². The number of rotatable bonds is 6. The summed E-state index contributed by atoms with van der Waals surface area (Å²) in [6.45, 7) is 2.04. The zero-order valence-corrected chi connectivity index (χ0v) is 16.9. The number of thiocarbonyl (C=S) groups is 1. The first-order chi connectivity index (χ1) is 13.0. The minimum absolute atomic E-state index is 0.137. The number of allylic oxidation sites excluding steroid dienone is 2. The third-order valence-electron chi connectivity index (χ3n) is 3.54. The molecule has 27 heavy (non-hydrogen) atoms. The van der Waals surface area contributed by atoms with Gasteiger partial charge >= 0.3 is 0 Å². The Morgan fingerprint density at radius 3 is 2.78 bits per heavy atom. The molecule has 2 heterocycles. The van der Waals surface area contributed by atoms with Crippen LogP contribution in [0.15, 0.2) is 47.4 Å². The van der Waals surface area contributed by atoms with Gasteiger partial charge in [-0.3, -0.25) is 14.5 Å². The largest absolute Gasteiger partial charge is 0.300 e. The summed E-state index contributed by atoms with van der Waals surface area (Å²) in [6, 6.07) is 9.81. The molecular formula is C18H16N4O2S3. The summed E-state index contributed by atoms with van der Waals surface area (Å²) < 4.78 is 0.457. The van der Waals surface area contributed by atoms with Crippen LogP contribution in [0.4, 0.5) is 5.13 Å². The van der Waals surface area contributed by atoms with Gasteiger partial charge in [0.25, 0.3) is 5.91 Å². The molecule has 0 aliphatic carbocycles. The monoisotopic (exact) mass is 416 g/mol. The van der Waals surface area contributed by atoms with Crippen LogP contribution in [0.1, 0.15) is 17.0 Å². The molecule has 138 valence electrons. The van der Waals surface area contributed by atoms with E-state index >= 15 is 0 Å². The highest BCUT2D eigenvalue weighted by Gasteiger charge is 2.31. The van der Waals surface area contributed by atoms with Crippen LogP contribution in [0.2, 0.25) is 0 Å². The number of nitrogens with one attached hydrogen (secondary N) is 1. The maximum Gasteiger partial charge on any atom is 0.266 e. The molecule has 2 amide bonds. The zero-order chi connectivity index (χ0) is 19.2. The van der Waals surface area contributed by atoms with E-state index in [1.165, 1.54) is 28.0 Å². The van der Waals surface area contributed by atoms with Crippen molar-refractivity contribution < 1.29 is 9.59 Å². The second-order valence-electron chi connectivity index (χ2n) is 5.55. The lowest BCUT2D eigenvalue weighted by molar-refractivity contribution is -0.122. The van der Waals surface area contributed by atoms with E-state index < -0.39 is 0 Å². The fourth-order valence-corrected chi connectivity index (χ4v) is 4.13. The number of hydrogen-bond acceptors (Lipinski definition) is 7. The number of hydrogen-bond donors (Lipinski definition) is 1. The Kier molecular flexibility index (Phi) is 6.49. The summed E-state index contributed by atoms with van der Waals surface area (Å²) in [7, 11) is 0. The quantitative estimate of drug-likeness (QED) is 0.572. The molecule has 0 saturated carbocycles. The van der Waals surface area contributed by atoms with Crippen LogP contribution in [0.25, 0.3) is 6.08 Å². The summed E-state index contributed by atoms with van der Waals surface area (Å²) >= 11 is 7.82. The molecule has 1 fully saturated rings. The molecule has 2 aromatic rings. The Labute approximate surface area is 170 Å². The maximum absolute atomic E-state index is 12.5. The molecule has 0 radical (unpaired) electrons. The van der Waals surface area contributed by atoms with E-state index in [-0.39, 0.29) is 24.8 Å². The van der Waals surface area contributed by atoms with Gasteiger partial charge in [-0.05, 0) is 18.6 Å². The van der Waals surface area contributed by atoms with Gasteiger partial charge in [0.15, 0.2) is 0 Å². The zero-order valence-electron chi connectivity index (χ0n) is 14.4. The van der Waals surface area contributed by atoms with Crippen LogP contribution in [0, 0.1) is 6.92 Å². The first kappa shape index (κ1) is 19.4. The van der Waals surface area contributed by atoms with Crippen LogP contribution in [-0.4, -0.2) is 37.8 Å². The Morgan fingerprint density at radius 2 is 2.07 bits per heavy atom. The molecule has 1 aromatic heterocycles. The van der Waals surface area contributed by atoms with E-state index in [9.17, 15) is 9.59 Å². The third-order valence-corrected chi connectivity index (χ3v) is 5.69. The number of carbonyl (C=O) groups is 2. The van der Waals surface area contributed by atoms with Gasteiger partial charge in [0.1, 0.15) is 9.33 Å². The van der Waals surface area contributed by atoms with Crippen LogP contribution in [0.5, 0.6) is 0 Å². The number of anilines is 1. The Bertz CT molecular complexity index is 922. The lowest BCUT2D eigenvalue weighted by atomic mass is 10.2. The molecule has 0 bridgehead atoms. The number of thioether (sulfide) groups is 1. The summed E-state index contributed by atoms with van der Waals surface area (Å²) in [5.41, 5.74) is 1.05. The standard InChI is InChI=1S/C18H16N4O2S3/c1-12-20-21-17(26-12)19-15(23)10-11-22-16(24)14(27-18(22)25)9-5-8-13-6-3-2-4-7-13/h2-9H,10-11H2,1H3,(H,19,21,23). The number of aromatic nitrogens is 2. The number of aryl methyl sites for hydroxylation is 1. The summed E-state index contributed by atoms with van der Waals surface area (Å²) in [4.78, 5) is 26.5. The number of benzene rings is 1. The van der Waals surface area contributed by atoms with Gasteiger partial charge in [-0.2, -0.15) is 0 Å². The van der Waals surface area contributed by atoms with Crippen LogP contribution >= 0.6 is 35.3 Å². The van der Waals surface area contributed by atoms with Crippen molar-refractivity contribution in [1.29, 1.82) is 0 Å². The molecule has 0 atom stereocenters. The molecular weight excluding hydrogens is 400 g/mol. The van der Waals surface area contributed by atoms with Crippen molar-refractivity contribution in [3.63, 3.8) is 0 Å². The Morgan fingerprint density at radius 1 is 1.30 bits per heavy atom. The maximum atomic E-state index is 12.5. The van der Waals surface area contributed by atoms with Crippen molar-refractivity contribution in [3.8, 4) is 0 Å². The molecule has 6 nitrogen and oxygen atoms in total. The van der Waals surface area contributed by atoms with Gasteiger partial charge in [0.05, 0.1) is 4.91 Å². The first-order valence-corrected chi connectivity index (χ1v) is 10.1. The van der Waals surface area contributed by atoms with Crippen LogP contribution in [0.3, 0.4) is 0 Å². The topological polar surface area (TPSA) is 75.2 Å². The van der Waals surface area contributed by atoms with Gasteiger partial charge in [0, 0.05) is 13.0 Å². The predicted molar refractivity (Wildman–Crippen MR) is 113 cm³/mol. The number of nitrogens with zero attached hydrogens (tertiary/aromatic N) is 3. The van der Waals surface area contributed by atoms with Gasteiger partial charge in [-0.15, -0.1) is 10.2 Å². The molecule has 1 aliphatic rings. The predicted octanol–water partition coefficient (Wildman–Crippen LogP) is 3.63. The SMILES string of the molecule is Cc1nnc(NC(=O)CCN2C(=O)C(=CC=Cc3ccccc3)SC2=S)s1. The van der Waals surface area contributed by atoms with Crippen molar-refractivity contribution >= 4 is 62.7 Å². The van der Waals surface area contributed by atoms with Crippen molar-refractivity contribution in [1.82, 2.24) is 15.1 Å². The summed E-state index contributed by atoms with van der Waals surface area (Å²) in [6.07, 6.45) is 5.63. The van der Waals surface area contributed by atoms with E-state index in [2.05, 4.69) is 15.5 Å². The van der Waals surface area contributed by atoms with E-state index in [1.54, 1.807) is 6.08 Å². The van der Waals surface area contributed by atoms with Gasteiger partial charge in [0.2, 0.25) is 11.0 Å². The second-order valence-corrected chi connectivity index (χ2v) is 8.41. The molecule has 0 unspecified atom stereocenters. The fourth-order valence-electron chi connectivity index (χ4n) is 2.26. The van der Waals surface area contributed by atoms with E-state index in [1.807, 2.05) is 49.4 Å². The Hall–Kier alpha value is -2.36. The molecule has 3 rings (SSSR count). The van der Waals surface area contributed by atoms with Gasteiger partial charge in [-0.1, -0.05) is 77.8 Å². The molecule has 0 spiro atoms.